The summed E-state index contributed by atoms with van der Waals surface area (Å²) in [7, 11) is 0. The molecule has 0 bridgehead atoms. The van der Waals surface area contributed by atoms with E-state index in [9.17, 15) is 9.18 Å². The SMILES string of the molecule is O=C(NC1CCSc2ccc(F)cc21)c1ccc(SCc2cn3ccccc3n2)cc1. The van der Waals surface area contributed by atoms with Crippen molar-refractivity contribution in [1.29, 1.82) is 0 Å². The van der Waals surface area contributed by atoms with Gasteiger partial charge in [-0.05, 0) is 66.6 Å². The van der Waals surface area contributed by atoms with Crippen LogP contribution in [0, 0.1) is 5.82 Å². The number of carbonyl (C=O) groups is 1. The van der Waals surface area contributed by atoms with E-state index in [0.717, 1.165) is 44.6 Å². The Kier molecular flexibility index (Phi) is 5.70. The normalized spacial score (nSPS) is 15.6. The molecule has 1 amide bonds. The molecule has 0 aliphatic carbocycles. The Morgan fingerprint density at radius 2 is 2.06 bits per heavy atom. The van der Waals surface area contributed by atoms with Crippen LogP contribution < -0.4 is 5.32 Å². The van der Waals surface area contributed by atoms with Gasteiger partial charge in [-0.1, -0.05) is 6.07 Å². The van der Waals surface area contributed by atoms with Gasteiger partial charge in [0.1, 0.15) is 11.5 Å². The Labute approximate surface area is 188 Å². The number of amides is 1. The minimum absolute atomic E-state index is 0.135. The lowest BCUT2D eigenvalue weighted by Gasteiger charge is -2.26. The van der Waals surface area contributed by atoms with E-state index in [4.69, 9.17) is 0 Å². The van der Waals surface area contributed by atoms with Crippen LogP contribution in [0.4, 0.5) is 4.39 Å². The summed E-state index contributed by atoms with van der Waals surface area (Å²) in [6.45, 7) is 0. The zero-order valence-corrected chi connectivity index (χ0v) is 18.3. The Hall–Kier alpha value is -2.77. The Balaban J connectivity index is 1.23. The number of fused-ring (bicyclic) bond motifs is 2. The molecular weight excluding hydrogens is 429 g/mol. The van der Waals surface area contributed by atoms with Crippen LogP contribution in [0.5, 0.6) is 0 Å². The number of nitrogens with one attached hydrogen (secondary N) is 1. The number of carbonyl (C=O) groups excluding carboxylic acids is 1. The van der Waals surface area contributed by atoms with Gasteiger partial charge >= 0.3 is 0 Å². The topological polar surface area (TPSA) is 46.4 Å². The van der Waals surface area contributed by atoms with Crippen molar-refractivity contribution >= 4 is 35.1 Å². The molecule has 1 unspecified atom stereocenters. The van der Waals surface area contributed by atoms with Crippen LogP contribution in [0.25, 0.3) is 5.65 Å². The molecule has 1 atom stereocenters. The van der Waals surface area contributed by atoms with Crippen LogP contribution in [-0.4, -0.2) is 21.0 Å². The van der Waals surface area contributed by atoms with Gasteiger partial charge in [-0.3, -0.25) is 4.79 Å². The fraction of sp³-hybridized carbons (Fsp3) is 0.167. The number of thioether (sulfide) groups is 2. The van der Waals surface area contributed by atoms with E-state index < -0.39 is 0 Å². The first kappa shape index (κ1) is 20.2. The highest BCUT2D eigenvalue weighted by atomic mass is 32.2. The predicted octanol–water partition coefficient (Wildman–Crippen LogP) is 5.73. The molecule has 4 aromatic rings. The molecule has 1 aliphatic heterocycles. The monoisotopic (exact) mass is 449 g/mol. The Bertz CT molecular complexity index is 1210. The number of benzene rings is 2. The zero-order chi connectivity index (χ0) is 21.2. The minimum Gasteiger partial charge on any atom is -0.345 e. The maximum atomic E-state index is 13.7. The van der Waals surface area contributed by atoms with Crippen LogP contribution >= 0.6 is 23.5 Å². The molecule has 0 radical (unpaired) electrons. The van der Waals surface area contributed by atoms with Crippen molar-refractivity contribution in [3.05, 3.63) is 95.7 Å². The van der Waals surface area contributed by atoms with Crippen LogP contribution in [0.3, 0.4) is 0 Å². The molecule has 0 saturated carbocycles. The number of nitrogens with zero attached hydrogens (tertiary/aromatic N) is 2. The van der Waals surface area contributed by atoms with Crippen LogP contribution in [0.1, 0.15) is 34.1 Å². The molecule has 2 aromatic heterocycles. The maximum absolute atomic E-state index is 13.7. The highest BCUT2D eigenvalue weighted by Crippen LogP contribution is 2.36. The summed E-state index contributed by atoms with van der Waals surface area (Å²) in [5.41, 5.74) is 3.42. The molecule has 1 N–H and O–H groups in total. The van der Waals surface area contributed by atoms with E-state index in [2.05, 4.69) is 10.3 Å². The van der Waals surface area contributed by atoms with Crippen molar-refractivity contribution < 1.29 is 9.18 Å². The Morgan fingerprint density at radius 1 is 1.19 bits per heavy atom. The third-order valence-electron chi connectivity index (χ3n) is 5.23. The van der Waals surface area contributed by atoms with Crippen LogP contribution in [0.15, 0.2) is 82.8 Å². The number of hydrogen-bond acceptors (Lipinski definition) is 4. The van der Waals surface area contributed by atoms with Gasteiger partial charge in [-0.25, -0.2) is 9.37 Å². The van der Waals surface area contributed by atoms with Gasteiger partial charge in [-0.2, -0.15) is 0 Å². The predicted molar refractivity (Wildman–Crippen MR) is 123 cm³/mol. The standard InChI is InChI=1S/C24H20FN3OS2/c25-17-6-9-22-20(13-17)21(10-12-30-22)27-24(29)16-4-7-19(8-5-16)31-15-18-14-28-11-2-1-3-23(28)26-18/h1-9,11,13-14,21H,10,12,15H2,(H,27,29). The molecule has 0 spiro atoms. The summed E-state index contributed by atoms with van der Waals surface area (Å²) >= 11 is 3.39. The second kappa shape index (κ2) is 8.77. The molecular formula is C24H20FN3OS2. The quantitative estimate of drug-likeness (QED) is 0.395. The summed E-state index contributed by atoms with van der Waals surface area (Å²) < 4.78 is 15.7. The minimum atomic E-state index is -0.271. The molecule has 0 fully saturated rings. The van der Waals surface area contributed by atoms with Gasteiger partial charge in [0.15, 0.2) is 0 Å². The molecule has 1 aliphatic rings. The van der Waals surface area contributed by atoms with Gasteiger partial charge < -0.3 is 9.72 Å². The van der Waals surface area contributed by atoms with Gasteiger partial charge in [0.2, 0.25) is 0 Å². The van der Waals surface area contributed by atoms with E-state index in [1.807, 2.05) is 59.3 Å². The number of aromatic nitrogens is 2. The zero-order valence-electron chi connectivity index (χ0n) is 16.6. The number of halogens is 1. The van der Waals surface area contributed by atoms with Crippen molar-refractivity contribution in [2.24, 2.45) is 0 Å². The molecule has 31 heavy (non-hydrogen) atoms. The maximum Gasteiger partial charge on any atom is 0.251 e. The van der Waals surface area contributed by atoms with Crippen LogP contribution in [0.2, 0.25) is 0 Å². The molecule has 156 valence electrons. The van der Waals surface area contributed by atoms with Crippen LogP contribution in [-0.2, 0) is 5.75 Å². The highest BCUT2D eigenvalue weighted by Gasteiger charge is 2.23. The fourth-order valence-electron chi connectivity index (χ4n) is 3.67. The number of imidazole rings is 1. The van der Waals surface area contributed by atoms with E-state index in [-0.39, 0.29) is 17.8 Å². The molecule has 0 saturated heterocycles. The van der Waals surface area contributed by atoms with Crippen molar-refractivity contribution in [3.8, 4) is 0 Å². The molecule has 2 aromatic carbocycles. The van der Waals surface area contributed by atoms with Crippen molar-refractivity contribution in [3.63, 3.8) is 0 Å². The fourth-order valence-corrected chi connectivity index (χ4v) is 5.56. The summed E-state index contributed by atoms with van der Waals surface area (Å²) in [5, 5.41) is 3.07. The number of rotatable bonds is 5. The van der Waals surface area contributed by atoms with Crippen molar-refractivity contribution in [2.45, 2.75) is 28.0 Å². The summed E-state index contributed by atoms with van der Waals surface area (Å²) in [6, 6.07) is 18.2. The van der Waals surface area contributed by atoms with Gasteiger partial charge in [0.25, 0.3) is 5.91 Å². The average Bonchev–Trinajstić information content (AvgIpc) is 3.21. The van der Waals surface area contributed by atoms with Crippen molar-refractivity contribution in [2.75, 3.05) is 5.75 Å². The van der Waals surface area contributed by atoms with Gasteiger partial charge in [0, 0.05) is 39.3 Å². The van der Waals surface area contributed by atoms with Gasteiger partial charge in [0.05, 0.1) is 11.7 Å². The smallest absolute Gasteiger partial charge is 0.251 e. The first-order valence-corrected chi connectivity index (χ1v) is 12.0. The third-order valence-corrected chi connectivity index (χ3v) is 7.40. The van der Waals surface area contributed by atoms with Gasteiger partial charge in [-0.15, -0.1) is 23.5 Å². The third kappa shape index (κ3) is 4.48. The summed E-state index contributed by atoms with van der Waals surface area (Å²) in [6.07, 6.45) is 4.81. The molecule has 3 heterocycles. The first-order chi connectivity index (χ1) is 15.2. The summed E-state index contributed by atoms with van der Waals surface area (Å²) in [5.74, 6) is 1.26. The van der Waals surface area contributed by atoms with E-state index in [1.165, 1.54) is 12.1 Å². The lowest BCUT2D eigenvalue weighted by atomic mass is 10.0. The highest BCUT2D eigenvalue weighted by molar-refractivity contribution is 7.99. The molecule has 7 heteroatoms. The first-order valence-electron chi connectivity index (χ1n) is 10.0. The lowest BCUT2D eigenvalue weighted by molar-refractivity contribution is 0.0935. The van der Waals surface area contributed by atoms with E-state index in [0.29, 0.717) is 5.56 Å². The molecule has 5 rings (SSSR count). The summed E-state index contributed by atoms with van der Waals surface area (Å²) in [4.78, 5) is 19.5. The second-order valence-corrected chi connectivity index (χ2v) is 9.54. The van der Waals surface area contributed by atoms with Crippen molar-refractivity contribution in [1.82, 2.24) is 14.7 Å². The van der Waals surface area contributed by atoms with E-state index >= 15 is 0 Å². The largest absolute Gasteiger partial charge is 0.345 e. The van der Waals surface area contributed by atoms with E-state index in [1.54, 1.807) is 29.6 Å². The average molecular weight is 450 g/mol. The molecule has 4 nitrogen and oxygen atoms in total. The number of pyridine rings is 1. The number of hydrogen-bond donors (Lipinski definition) is 1. The second-order valence-electron chi connectivity index (χ2n) is 7.36. The lowest BCUT2D eigenvalue weighted by Crippen LogP contribution is -2.30. The Morgan fingerprint density at radius 3 is 2.90 bits per heavy atom.